The summed E-state index contributed by atoms with van der Waals surface area (Å²) in [5, 5.41) is 3.49. The lowest BCUT2D eigenvalue weighted by molar-refractivity contribution is 0.103. The van der Waals surface area contributed by atoms with Gasteiger partial charge in [0.05, 0.1) is 5.02 Å². The van der Waals surface area contributed by atoms with Gasteiger partial charge >= 0.3 is 0 Å². The van der Waals surface area contributed by atoms with E-state index in [-0.39, 0.29) is 16.4 Å². The summed E-state index contributed by atoms with van der Waals surface area (Å²) in [6.07, 6.45) is 0. The summed E-state index contributed by atoms with van der Waals surface area (Å²) >= 11 is 5.96. The molecule has 2 aromatic rings. The smallest absolute Gasteiger partial charge is 0.194 e. The Labute approximate surface area is 115 Å². The second kappa shape index (κ2) is 4.76. The van der Waals surface area contributed by atoms with Gasteiger partial charge in [0.25, 0.3) is 0 Å². The van der Waals surface area contributed by atoms with Crippen LogP contribution in [0.5, 0.6) is 0 Å². The summed E-state index contributed by atoms with van der Waals surface area (Å²) in [6.45, 7) is 1.58. The molecule has 1 aliphatic rings. The SMILES string of the molecule is O=C(c1ccc2c(c1)CNC2)c1cc(F)ccc1Cl. The molecule has 0 bridgehead atoms. The molecule has 96 valence electrons. The zero-order valence-electron chi connectivity index (χ0n) is 10.0. The van der Waals surface area contributed by atoms with Crippen LogP contribution in [0.15, 0.2) is 36.4 Å². The third kappa shape index (κ3) is 2.27. The molecular formula is C15H11ClFNO. The van der Waals surface area contributed by atoms with Gasteiger partial charge in [0.15, 0.2) is 5.78 Å². The first-order valence-corrected chi connectivity index (χ1v) is 6.35. The van der Waals surface area contributed by atoms with Gasteiger partial charge in [-0.2, -0.15) is 0 Å². The first kappa shape index (κ1) is 12.3. The predicted molar refractivity (Wildman–Crippen MR) is 71.8 cm³/mol. The van der Waals surface area contributed by atoms with E-state index in [0.717, 1.165) is 18.7 Å². The van der Waals surface area contributed by atoms with Crippen LogP contribution in [-0.4, -0.2) is 5.78 Å². The standard InChI is InChI=1S/C15H11ClFNO/c16-14-4-3-12(17)6-13(14)15(19)9-1-2-10-7-18-8-11(10)5-9/h1-6,18H,7-8H2. The Hall–Kier alpha value is -1.71. The van der Waals surface area contributed by atoms with Gasteiger partial charge < -0.3 is 5.32 Å². The molecule has 1 heterocycles. The minimum Gasteiger partial charge on any atom is -0.309 e. The van der Waals surface area contributed by atoms with Gasteiger partial charge in [0.2, 0.25) is 0 Å². The Kier molecular flexibility index (Phi) is 3.09. The Balaban J connectivity index is 2.02. The van der Waals surface area contributed by atoms with Crippen molar-refractivity contribution in [3.05, 3.63) is 69.5 Å². The van der Waals surface area contributed by atoms with E-state index in [1.807, 2.05) is 12.1 Å². The average molecular weight is 276 g/mol. The maximum atomic E-state index is 13.2. The van der Waals surface area contributed by atoms with E-state index in [0.29, 0.717) is 5.56 Å². The van der Waals surface area contributed by atoms with Crippen LogP contribution < -0.4 is 5.32 Å². The van der Waals surface area contributed by atoms with Crippen LogP contribution in [0.25, 0.3) is 0 Å². The van der Waals surface area contributed by atoms with E-state index in [2.05, 4.69) is 5.32 Å². The second-order valence-electron chi connectivity index (χ2n) is 4.54. The Morgan fingerprint density at radius 3 is 2.74 bits per heavy atom. The molecule has 0 amide bonds. The number of ketones is 1. The summed E-state index contributed by atoms with van der Waals surface area (Å²) in [7, 11) is 0. The van der Waals surface area contributed by atoms with Gasteiger partial charge in [0, 0.05) is 24.2 Å². The highest BCUT2D eigenvalue weighted by Gasteiger charge is 2.17. The van der Waals surface area contributed by atoms with Gasteiger partial charge in [-0.05, 0) is 35.4 Å². The fraction of sp³-hybridized carbons (Fsp3) is 0.133. The normalized spacial score (nSPS) is 13.4. The number of benzene rings is 2. The van der Waals surface area contributed by atoms with Crippen LogP contribution in [0.3, 0.4) is 0 Å². The highest BCUT2D eigenvalue weighted by atomic mass is 35.5. The van der Waals surface area contributed by atoms with Gasteiger partial charge in [-0.15, -0.1) is 0 Å². The highest BCUT2D eigenvalue weighted by Crippen LogP contribution is 2.23. The Bertz CT molecular complexity index is 669. The summed E-state index contributed by atoms with van der Waals surface area (Å²) in [4.78, 5) is 12.3. The molecule has 1 aliphatic heterocycles. The third-order valence-electron chi connectivity index (χ3n) is 3.27. The van der Waals surface area contributed by atoms with Crippen molar-refractivity contribution < 1.29 is 9.18 Å². The average Bonchev–Trinajstić information content (AvgIpc) is 2.88. The van der Waals surface area contributed by atoms with Crippen molar-refractivity contribution in [1.82, 2.24) is 5.32 Å². The van der Waals surface area contributed by atoms with Crippen LogP contribution in [-0.2, 0) is 13.1 Å². The minimum atomic E-state index is -0.462. The molecule has 0 fully saturated rings. The Morgan fingerprint density at radius 2 is 1.89 bits per heavy atom. The lowest BCUT2D eigenvalue weighted by Gasteiger charge is -2.06. The molecule has 19 heavy (non-hydrogen) atoms. The number of carbonyl (C=O) groups is 1. The topological polar surface area (TPSA) is 29.1 Å². The number of hydrogen-bond donors (Lipinski definition) is 1. The number of carbonyl (C=O) groups excluding carboxylic acids is 1. The molecule has 3 rings (SSSR count). The Morgan fingerprint density at radius 1 is 1.11 bits per heavy atom. The summed E-state index contributed by atoms with van der Waals surface area (Å²) in [6, 6.07) is 9.35. The fourth-order valence-electron chi connectivity index (χ4n) is 2.26. The molecule has 4 heteroatoms. The maximum Gasteiger partial charge on any atom is 0.194 e. The van der Waals surface area contributed by atoms with Gasteiger partial charge in [0.1, 0.15) is 5.82 Å². The molecule has 1 N–H and O–H groups in total. The van der Waals surface area contributed by atoms with Crippen molar-refractivity contribution in [1.29, 1.82) is 0 Å². The molecule has 2 aromatic carbocycles. The van der Waals surface area contributed by atoms with Crippen molar-refractivity contribution in [3.63, 3.8) is 0 Å². The van der Waals surface area contributed by atoms with E-state index < -0.39 is 5.82 Å². The van der Waals surface area contributed by atoms with E-state index in [9.17, 15) is 9.18 Å². The van der Waals surface area contributed by atoms with Crippen molar-refractivity contribution in [2.75, 3.05) is 0 Å². The molecule has 0 atom stereocenters. The molecule has 2 nitrogen and oxygen atoms in total. The second-order valence-corrected chi connectivity index (χ2v) is 4.95. The molecule has 0 unspecified atom stereocenters. The van der Waals surface area contributed by atoms with Crippen LogP contribution in [0.2, 0.25) is 5.02 Å². The molecule has 0 aromatic heterocycles. The number of rotatable bonds is 2. The quantitative estimate of drug-likeness (QED) is 0.852. The van der Waals surface area contributed by atoms with Crippen LogP contribution in [0.1, 0.15) is 27.0 Å². The molecule has 0 saturated carbocycles. The molecular weight excluding hydrogens is 265 g/mol. The maximum absolute atomic E-state index is 13.2. The highest BCUT2D eigenvalue weighted by molar-refractivity contribution is 6.35. The summed E-state index contributed by atoms with van der Waals surface area (Å²) < 4.78 is 13.2. The number of halogens is 2. The third-order valence-corrected chi connectivity index (χ3v) is 3.60. The first-order valence-electron chi connectivity index (χ1n) is 5.97. The molecule has 0 radical (unpaired) electrons. The number of fused-ring (bicyclic) bond motifs is 1. The summed E-state index contributed by atoms with van der Waals surface area (Å²) in [5.74, 6) is -0.713. The van der Waals surface area contributed by atoms with Crippen molar-refractivity contribution >= 4 is 17.4 Å². The number of nitrogens with one attached hydrogen (secondary N) is 1. The van der Waals surface area contributed by atoms with Crippen molar-refractivity contribution in [2.45, 2.75) is 13.1 Å². The van der Waals surface area contributed by atoms with Gasteiger partial charge in [-0.25, -0.2) is 4.39 Å². The zero-order valence-corrected chi connectivity index (χ0v) is 10.8. The lowest BCUT2D eigenvalue weighted by atomic mass is 9.99. The van der Waals surface area contributed by atoms with Crippen LogP contribution in [0, 0.1) is 5.82 Å². The largest absolute Gasteiger partial charge is 0.309 e. The van der Waals surface area contributed by atoms with Crippen LogP contribution >= 0.6 is 11.6 Å². The van der Waals surface area contributed by atoms with E-state index in [1.165, 1.54) is 23.8 Å². The van der Waals surface area contributed by atoms with Crippen molar-refractivity contribution in [2.24, 2.45) is 0 Å². The zero-order chi connectivity index (χ0) is 13.4. The first-order chi connectivity index (χ1) is 9.15. The van der Waals surface area contributed by atoms with E-state index in [1.54, 1.807) is 6.07 Å². The molecule has 0 aliphatic carbocycles. The van der Waals surface area contributed by atoms with Gasteiger partial charge in [-0.3, -0.25) is 4.79 Å². The van der Waals surface area contributed by atoms with E-state index >= 15 is 0 Å². The minimum absolute atomic E-state index is 0.201. The van der Waals surface area contributed by atoms with Crippen LogP contribution in [0.4, 0.5) is 4.39 Å². The monoisotopic (exact) mass is 275 g/mol. The molecule has 0 saturated heterocycles. The number of hydrogen-bond acceptors (Lipinski definition) is 2. The van der Waals surface area contributed by atoms with E-state index in [4.69, 9.17) is 11.6 Å². The summed E-state index contributed by atoms with van der Waals surface area (Å²) in [5.41, 5.74) is 3.04. The van der Waals surface area contributed by atoms with Gasteiger partial charge in [-0.1, -0.05) is 23.7 Å². The molecule has 0 spiro atoms. The fourth-order valence-corrected chi connectivity index (χ4v) is 2.47. The predicted octanol–water partition coefficient (Wildman–Crippen LogP) is 3.31. The van der Waals surface area contributed by atoms with Crippen molar-refractivity contribution in [3.8, 4) is 0 Å². The lowest BCUT2D eigenvalue weighted by Crippen LogP contribution is -2.04.